The molecule has 1 N–H and O–H groups in total. The van der Waals surface area contributed by atoms with Crippen molar-refractivity contribution in [3.63, 3.8) is 0 Å². The molecule has 0 bridgehead atoms. The first-order chi connectivity index (χ1) is 7.88. The van der Waals surface area contributed by atoms with Crippen molar-refractivity contribution in [1.29, 1.82) is 0 Å². The van der Waals surface area contributed by atoms with Gasteiger partial charge in [-0.2, -0.15) is 0 Å². The maximum atomic E-state index is 11.5. The molecule has 0 atom stereocenters. The molecule has 0 amide bonds. The molecule has 0 aliphatic carbocycles. The molecule has 1 rings (SSSR count). The Balaban J connectivity index is 3.42. The van der Waals surface area contributed by atoms with E-state index in [1.807, 2.05) is 13.8 Å². The molecule has 17 heavy (non-hydrogen) atoms. The number of hydrogen-bond acceptors (Lipinski definition) is 4. The molecule has 0 unspecified atom stereocenters. The van der Waals surface area contributed by atoms with Crippen LogP contribution in [0.1, 0.15) is 34.0 Å². The summed E-state index contributed by atoms with van der Waals surface area (Å²) in [5.41, 5.74) is 2.66. The minimum Gasteiger partial charge on any atom is -0.426 e. The summed E-state index contributed by atoms with van der Waals surface area (Å²) in [5.74, 6) is -0.391. The van der Waals surface area contributed by atoms with Gasteiger partial charge < -0.3 is 9.84 Å². The molecule has 1 aromatic carbocycles. The van der Waals surface area contributed by atoms with Crippen LogP contribution in [0.4, 0.5) is 0 Å². The number of ether oxygens (including phenoxy) is 1. The molecule has 0 saturated carbocycles. The molecule has 4 nitrogen and oxygen atoms in total. The van der Waals surface area contributed by atoms with Gasteiger partial charge >= 0.3 is 5.97 Å². The fourth-order valence-electron chi connectivity index (χ4n) is 1.69. The topological polar surface area (TPSA) is 63.6 Å². The third kappa shape index (κ3) is 2.71. The first kappa shape index (κ1) is 13.4. The average molecular weight is 236 g/mol. The van der Waals surface area contributed by atoms with Gasteiger partial charge in [-0.15, -0.1) is 0 Å². The van der Waals surface area contributed by atoms with E-state index in [1.165, 1.54) is 6.92 Å². The fourth-order valence-corrected chi connectivity index (χ4v) is 1.69. The summed E-state index contributed by atoms with van der Waals surface area (Å²) < 4.78 is 5.12. The zero-order valence-corrected chi connectivity index (χ0v) is 10.5. The molecular weight excluding hydrogens is 220 g/mol. The van der Waals surface area contributed by atoms with Crippen molar-refractivity contribution >= 4 is 11.8 Å². The molecule has 1 aromatic rings. The van der Waals surface area contributed by atoms with Crippen LogP contribution >= 0.6 is 0 Å². The monoisotopic (exact) mass is 236 g/mol. The molecule has 4 heteroatoms. The second-order valence-corrected chi connectivity index (χ2v) is 4.00. The molecule has 0 aliphatic heterocycles. The third-order valence-corrected chi connectivity index (χ3v) is 2.73. The molecular formula is C13H16O4. The van der Waals surface area contributed by atoms with E-state index in [0.29, 0.717) is 16.9 Å². The molecule has 0 heterocycles. The largest absolute Gasteiger partial charge is 0.426 e. The van der Waals surface area contributed by atoms with Crippen LogP contribution in [0.25, 0.3) is 0 Å². The summed E-state index contributed by atoms with van der Waals surface area (Å²) in [7, 11) is 0. The highest BCUT2D eigenvalue weighted by molar-refractivity contribution is 5.99. The van der Waals surface area contributed by atoms with Crippen LogP contribution in [-0.2, 0) is 4.79 Å². The summed E-state index contributed by atoms with van der Waals surface area (Å²) in [5, 5.41) is 8.89. The van der Waals surface area contributed by atoms with Crippen molar-refractivity contribution in [2.24, 2.45) is 0 Å². The minimum absolute atomic E-state index is 0.376. The first-order valence-electron chi connectivity index (χ1n) is 5.31. The minimum atomic E-state index is -0.553. The number of Topliss-reactive ketones (excluding diaryl/α,β-unsaturated/α-hetero) is 1. The number of esters is 1. The second kappa shape index (κ2) is 5.10. The SMILES string of the molecule is CC(=O)Oc1c(C)c(C)cc(C(=O)CO)c1C. The first-order valence-corrected chi connectivity index (χ1v) is 5.31. The number of carbonyl (C=O) groups is 2. The average Bonchev–Trinajstić information content (AvgIpc) is 2.28. The van der Waals surface area contributed by atoms with Crippen molar-refractivity contribution in [3.05, 3.63) is 28.3 Å². The Bertz CT molecular complexity index is 475. The molecule has 0 aromatic heterocycles. The van der Waals surface area contributed by atoms with Gasteiger partial charge in [0.05, 0.1) is 0 Å². The van der Waals surface area contributed by atoms with E-state index in [2.05, 4.69) is 0 Å². The van der Waals surface area contributed by atoms with E-state index in [1.54, 1.807) is 13.0 Å². The van der Waals surface area contributed by atoms with Gasteiger partial charge in [0.25, 0.3) is 0 Å². The van der Waals surface area contributed by atoms with E-state index in [-0.39, 0.29) is 5.78 Å². The lowest BCUT2D eigenvalue weighted by molar-refractivity contribution is -0.131. The van der Waals surface area contributed by atoms with Crippen LogP contribution in [0.15, 0.2) is 6.07 Å². The maximum absolute atomic E-state index is 11.5. The Morgan fingerprint density at radius 1 is 1.24 bits per heavy atom. The van der Waals surface area contributed by atoms with Gasteiger partial charge in [0.1, 0.15) is 12.4 Å². The zero-order chi connectivity index (χ0) is 13.2. The maximum Gasteiger partial charge on any atom is 0.308 e. The number of aryl methyl sites for hydroxylation is 1. The lowest BCUT2D eigenvalue weighted by Gasteiger charge is -2.14. The standard InChI is InChI=1S/C13H16O4/c1-7-5-11(12(16)6-14)9(3)13(8(7)2)17-10(4)15/h5,14H,6H2,1-4H3. The van der Waals surface area contributed by atoms with Crippen LogP contribution in [0.2, 0.25) is 0 Å². The molecule has 0 aliphatic rings. The van der Waals surface area contributed by atoms with E-state index in [4.69, 9.17) is 9.84 Å². The van der Waals surface area contributed by atoms with Gasteiger partial charge in [-0.1, -0.05) is 0 Å². The predicted molar refractivity (Wildman–Crippen MR) is 63.4 cm³/mol. The van der Waals surface area contributed by atoms with Gasteiger partial charge in [0.2, 0.25) is 0 Å². The molecule has 0 saturated heterocycles. The number of carbonyl (C=O) groups excluding carboxylic acids is 2. The Hall–Kier alpha value is -1.68. The summed E-state index contributed by atoms with van der Waals surface area (Å²) >= 11 is 0. The van der Waals surface area contributed by atoms with Crippen LogP contribution in [0.3, 0.4) is 0 Å². The predicted octanol–water partition coefficient (Wildman–Crippen LogP) is 1.71. The Kier molecular flexibility index (Phi) is 4.02. The van der Waals surface area contributed by atoms with Crippen molar-refractivity contribution in [2.75, 3.05) is 6.61 Å². The van der Waals surface area contributed by atoms with Gasteiger partial charge in [-0.3, -0.25) is 9.59 Å². The highest BCUT2D eigenvalue weighted by Gasteiger charge is 2.17. The van der Waals surface area contributed by atoms with Gasteiger partial charge in [-0.25, -0.2) is 0 Å². The van der Waals surface area contributed by atoms with Gasteiger partial charge in [0.15, 0.2) is 5.78 Å². The highest BCUT2D eigenvalue weighted by atomic mass is 16.5. The summed E-state index contributed by atoms with van der Waals surface area (Å²) in [4.78, 5) is 22.6. The Morgan fingerprint density at radius 2 is 1.82 bits per heavy atom. The van der Waals surface area contributed by atoms with Crippen molar-refractivity contribution in [2.45, 2.75) is 27.7 Å². The van der Waals surface area contributed by atoms with Crippen LogP contribution in [-0.4, -0.2) is 23.5 Å². The Labute approximate surface area is 100 Å². The van der Waals surface area contributed by atoms with E-state index < -0.39 is 12.6 Å². The summed E-state index contributed by atoms with van der Waals surface area (Å²) in [6, 6.07) is 1.70. The lowest BCUT2D eigenvalue weighted by atomic mass is 9.97. The number of aliphatic hydroxyl groups excluding tert-OH is 1. The molecule has 0 spiro atoms. The van der Waals surface area contributed by atoms with Crippen molar-refractivity contribution in [1.82, 2.24) is 0 Å². The summed E-state index contributed by atoms with van der Waals surface area (Å²) in [6.07, 6.45) is 0. The van der Waals surface area contributed by atoms with Crippen LogP contribution in [0.5, 0.6) is 5.75 Å². The van der Waals surface area contributed by atoms with E-state index >= 15 is 0 Å². The number of aliphatic hydroxyl groups is 1. The number of ketones is 1. The van der Waals surface area contributed by atoms with Gasteiger partial charge in [-0.05, 0) is 38.0 Å². The Morgan fingerprint density at radius 3 is 2.29 bits per heavy atom. The number of hydrogen-bond donors (Lipinski definition) is 1. The highest BCUT2D eigenvalue weighted by Crippen LogP contribution is 2.29. The summed E-state index contributed by atoms with van der Waals surface area (Å²) in [6.45, 7) is 6.12. The lowest BCUT2D eigenvalue weighted by Crippen LogP contribution is -2.11. The number of rotatable bonds is 3. The van der Waals surface area contributed by atoms with Gasteiger partial charge in [0, 0.05) is 18.1 Å². The quantitative estimate of drug-likeness (QED) is 0.493. The van der Waals surface area contributed by atoms with Crippen LogP contribution in [0, 0.1) is 20.8 Å². The second-order valence-electron chi connectivity index (χ2n) is 4.00. The molecule has 0 fully saturated rings. The number of benzene rings is 1. The van der Waals surface area contributed by atoms with E-state index in [9.17, 15) is 9.59 Å². The molecule has 0 radical (unpaired) electrons. The molecule has 92 valence electrons. The fraction of sp³-hybridized carbons (Fsp3) is 0.385. The zero-order valence-electron chi connectivity index (χ0n) is 10.5. The van der Waals surface area contributed by atoms with Crippen molar-refractivity contribution in [3.8, 4) is 5.75 Å². The normalized spacial score (nSPS) is 10.2. The van der Waals surface area contributed by atoms with Crippen molar-refractivity contribution < 1.29 is 19.4 Å². The third-order valence-electron chi connectivity index (χ3n) is 2.73. The van der Waals surface area contributed by atoms with E-state index in [0.717, 1.165) is 11.1 Å². The van der Waals surface area contributed by atoms with Crippen LogP contribution < -0.4 is 4.74 Å². The smallest absolute Gasteiger partial charge is 0.308 e.